The molecule has 0 atom stereocenters. The van der Waals surface area contributed by atoms with Crippen LogP contribution in [0.5, 0.6) is 0 Å². The molecule has 1 fully saturated rings. The minimum atomic E-state index is -0.274. The summed E-state index contributed by atoms with van der Waals surface area (Å²) < 4.78 is 1.06. The van der Waals surface area contributed by atoms with Gasteiger partial charge in [-0.2, -0.15) is 0 Å². The van der Waals surface area contributed by atoms with Gasteiger partial charge in [-0.1, -0.05) is 6.42 Å². The third-order valence-corrected chi connectivity index (χ3v) is 5.21. The molecule has 0 aliphatic heterocycles. The molecule has 1 aromatic heterocycles. The zero-order valence-corrected chi connectivity index (χ0v) is 11.4. The summed E-state index contributed by atoms with van der Waals surface area (Å²) in [4.78, 5) is 13.1. The Kier molecular flexibility index (Phi) is 3.66. The van der Waals surface area contributed by atoms with Crippen LogP contribution < -0.4 is 11.1 Å². The lowest BCUT2D eigenvalue weighted by molar-refractivity contribution is -0.135. The van der Waals surface area contributed by atoms with Gasteiger partial charge in [0.1, 0.15) is 0 Å². The Morgan fingerprint density at radius 1 is 1.62 bits per heavy atom. The van der Waals surface area contributed by atoms with Gasteiger partial charge in [0.05, 0.1) is 12.0 Å². The Labute approximate surface area is 108 Å². The first kappa shape index (κ1) is 12.1. The van der Waals surface area contributed by atoms with E-state index in [9.17, 15) is 4.79 Å². The molecule has 1 saturated carbocycles. The fraction of sp³-hybridized carbons (Fsp3) is 0.545. The summed E-state index contributed by atoms with van der Waals surface area (Å²) in [5.41, 5.74) is 5.41. The van der Waals surface area contributed by atoms with E-state index in [0.717, 1.165) is 28.6 Å². The highest BCUT2D eigenvalue weighted by molar-refractivity contribution is 9.10. The van der Waals surface area contributed by atoms with Crippen molar-refractivity contribution < 1.29 is 4.79 Å². The maximum absolute atomic E-state index is 12.0. The number of amides is 1. The number of halogens is 1. The topological polar surface area (TPSA) is 55.1 Å². The lowest BCUT2D eigenvalue weighted by atomic mass is 9.68. The van der Waals surface area contributed by atoms with Gasteiger partial charge in [-0.3, -0.25) is 4.79 Å². The van der Waals surface area contributed by atoms with Crippen LogP contribution >= 0.6 is 27.3 Å². The fourth-order valence-corrected chi connectivity index (χ4v) is 3.36. The lowest BCUT2D eigenvalue weighted by Crippen LogP contribution is -2.50. The summed E-state index contributed by atoms with van der Waals surface area (Å²) in [5.74, 6) is 0.113. The second-order valence-electron chi connectivity index (χ2n) is 4.21. The number of hydrogen-bond donors (Lipinski definition) is 2. The molecule has 1 aromatic rings. The van der Waals surface area contributed by atoms with Crippen molar-refractivity contribution in [1.82, 2.24) is 5.32 Å². The maximum atomic E-state index is 12.0. The van der Waals surface area contributed by atoms with Crippen LogP contribution in [0.1, 0.15) is 24.1 Å². The van der Waals surface area contributed by atoms with Gasteiger partial charge in [0.25, 0.3) is 0 Å². The Hall–Kier alpha value is -0.390. The van der Waals surface area contributed by atoms with Gasteiger partial charge in [0, 0.05) is 15.9 Å². The molecule has 0 unspecified atom stereocenters. The highest BCUT2D eigenvalue weighted by Gasteiger charge is 2.42. The third-order valence-electron chi connectivity index (χ3n) is 3.28. The molecule has 2 rings (SSSR count). The molecule has 1 aliphatic carbocycles. The average molecular weight is 303 g/mol. The van der Waals surface area contributed by atoms with E-state index in [1.807, 2.05) is 11.4 Å². The average Bonchev–Trinajstić information content (AvgIpc) is 2.60. The van der Waals surface area contributed by atoms with Crippen LogP contribution in [0.4, 0.5) is 0 Å². The minimum absolute atomic E-state index is 0.113. The van der Waals surface area contributed by atoms with E-state index in [0.29, 0.717) is 13.1 Å². The fourth-order valence-electron chi connectivity index (χ4n) is 1.93. The molecule has 0 radical (unpaired) electrons. The maximum Gasteiger partial charge on any atom is 0.227 e. The van der Waals surface area contributed by atoms with Gasteiger partial charge < -0.3 is 11.1 Å². The summed E-state index contributed by atoms with van der Waals surface area (Å²) in [6.45, 7) is 1.06. The van der Waals surface area contributed by atoms with Crippen molar-refractivity contribution in [2.75, 3.05) is 6.54 Å². The molecule has 1 amide bonds. The molecule has 3 N–H and O–H groups in total. The predicted octanol–water partition coefficient (Wildman–Crippen LogP) is 2.26. The van der Waals surface area contributed by atoms with E-state index in [2.05, 4.69) is 21.2 Å². The van der Waals surface area contributed by atoms with Crippen molar-refractivity contribution in [2.24, 2.45) is 11.1 Å². The van der Waals surface area contributed by atoms with Crippen molar-refractivity contribution in [1.29, 1.82) is 0 Å². The molecular weight excluding hydrogens is 288 g/mol. The number of carbonyl (C=O) groups excluding carboxylic acids is 1. The summed E-state index contributed by atoms with van der Waals surface area (Å²) in [7, 11) is 0. The van der Waals surface area contributed by atoms with Crippen LogP contribution in [0, 0.1) is 5.41 Å². The molecule has 1 aliphatic rings. The first-order chi connectivity index (χ1) is 7.68. The molecule has 0 aromatic carbocycles. The van der Waals surface area contributed by atoms with Gasteiger partial charge in [-0.25, -0.2) is 0 Å². The van der Waals surface area contributed by atoms with Crippen LogP contribution in [0.15, 0.2) is 15.9 Å². The van der Waals surface area contributed by atoms with Gasteiger partial charge in [0.15, 0.2) is 0 Å². The van der Waals surface area contributed by atoms with E-state index in [1.165, 1.54) is 0 Å². The summed E-state index contributed by atoms with van der Waals surface area (Å²) in [5, 5.41) is 4.99. The first-order valence-electron chi connectivity index (χ1n) is 5.38. The van der Waals surface area contributed by atoms with Crippen molar-refractivity contribution in [3.63, 3.8) is 0 Å². The Morgan fingerprint density at radius 3 is 2.81 bits per heavy atom. The van der Waals surface area contributed by atoms with E-state index in [1.54, 1.807) is 11.3 Å². The van der Waals surface area contributed by atoms with Gasteiger partial charge in [-0.05, 0) is 40.2 Å². The number of nitrogens with two attached hydrogens (primary N) is 1. The van der Waals surface area contributed by atoms with Crippen LogP contribution in [0.3, 0.4) is 0 Å². The second-order valence-corrected chi connectivity index (χ2v) is 6.07. The summed E-state index contributed by atoms with van der Waals surface area (Å²) in [6, 6.07) is 1.99. The summed E-state index contributed by atoms with van der Waals surface area (Å²) >= 11 is 5.09. The van der Waals surface area contributed by atoms with Crippen LogP contribution in [-0.4, -0.2) is 12.5 Å². The Balaban J connectivity index is 1.91. The van der Waals surface area contributed by atoms with Gasteiger partial charge in [-0.15, -0.1) is 11.3 Å². The third kappa shape index (κ3) is 2.17. The van der Waals surface area contributed by atoms with Gasteiger partial charge >= 0.3 is 0 Å². The quantitative estimate of drug-likeness (QED) is 0.896. The Morgan fingerprint density at radius 2 is 2.38 bits per heavy atom. The first-order valence-corrected chi connectivity index (χ1v) is 7.05. The molecule has 0 saturated heterocycles. The summed E-state index contributed by atoms with van der Waals surface area (Å²) in [6.07, 6.45) is 2.98. The van der Waals surface area contributed by atoms with E-state index >= 15 is 0 Å². The monoisotopic (exact) mass is 302 g/mol. The molecule has 16 heavy (non-hydrogen) atoms. The van der Waals surface area contributed by atoms with E-state index < -0.39 is 0 Å². The molecule has 3 nitrogen and oxygen atoms in total. The predicted molar refractivity (Wildman–Crippen MR) is 69.2 cm³/mol. The van der Waals surface area contributed by atoms with Gasteiger partial charge in [0.2, 0.25) is 5.91 Å². The van der Waals surface area contributed by atoms with Crippen LogP contribution in [0.25, 0.3) is 0 Å². The number of rotatable bonds is 4. The Bertz CT molecular complexity index is 382. The lowest BCUT2D eigenvalue weighted by Gasteiger charge is -2.39. The highest BCUT2D eigenvalue weighted by Crippen LogP contribution is 2.40. The molecule has 1 heterocycles. The number of thiophene rings is 1. The largest absolute Gasteiger partial charge is 0.351 e. The van der Waals surface area contributed by atoms with Crippen molar-refractivity contribution >= 4 is 33.2 Å². The SMILES string of the molecule is NCC1(C(=O)NCc2sccc2Br)CCC1. The molecule has 0 spiro atoms. The zero-order valence-electron chi connectivity index (χ0n) is 8.96. The van der Waals surface area contributed by atoms with Crippen LogP contribution in [0.2, 0.25) is 0 Å². The van der Waals surface area contributed by atoms with Crippen LogP contribution in [-0.2, 0) is 11.3 Å². The molecule has 5 heteroatoms. The number of hydrogen-bond acceptors (Lipinski definition) is 3. The van der Waals surface area contributed by atoms with Crippen molar-refractivity contribution in [3.8, 4) is 0 Å². The zero-order chi connectivity index (χ0) is 11.6. The normalized spacial score (nSPS) is 17.9. The number of carbonyl (C=O) groups is 1. The smallest absolute Gasteiger partial charge is 0.227 e. The van der Waals surface area contributed by atoms with Crippen molar-refractivity contribution in [3.05, 3.63) is 20.8 Å². The highest BCUT2D eigenvalue weighted by atomic mass is 79.9. The second kappa shape index (κ2) is 4.85. The standard InChI is InChI=1S/C11H15BrN2OS/c12-8-2-5-16-9(8)6-14-10(15)11(7-13)3-1-4-11/h2,5H,1,3-4,6-7,13H2,(H,14,15). The van der Waals surface area contributed by atoms with Crippen molar-refractivity contribution in [2.45, 2.75) is 25.8 Å². The minimum Gasteiger partial charge on any atom is -0.351 e. The molecular formula is C11H15BrN2OS. The number of nitrogens with one attached hydrogen (secondary N) is 1. The molecule has 0 bridgehead atoms. The van der Waals surface area contributed by atoms with E-state index in [-0.39, 0.29) is 11.3 Å². The molecule has 88 valence electrons. The van der Waals surface area contributed by atoms with E-state index in [4.69, 9.17) is 5.73 Å².